The molecule has 1 N–H and O–H groups in total. The maximum absolute atomic E-state index is 12.9. The summed E-state index contributed by atoms with van der Waals surface area (Å²) in [5, 5.41) is -0.0468. The standard InChI is InChI=1S/C19H22ClN3O4/c1-3-21-9-11-22(12-10-21)16-15(20)17(24)23(18(16)25)14-7-5-13(6-8-14)19(26)27-4-2/h5-8H,3-4,9-12H2,1-2H3/p+1. The summed E-state index contributed by atoms with van der Waals surface area (Å²) in [5.74, 6) is -1.41. The fourth-order valence-electron chi connectivity index (χ4n) is 3.36. The van der Waals surface area contributed by atoms with E-state index < -0.39 is 17.8 Å². The molecule has 3 rings (SSSR count). The zero-order valence-electron chi connectivity index (χ0n) is 15.5. The minimum Gasteiger partial charge on any atom is -0.462 e. The van der Waals surface area contributed by atoms with E-state index in [0.717, 1.165) is 24.5 Å². The van der Waals surface area contributed by atoms with E-state index in [0.29, 0.717) is 24.3 Å². The minimum absolute atomic E-state index is 0.0468. The van der Waals surface area contributed by atoms with Gasteiger partial charge in [0, 0.05) is 0 Å². The number of hydrogen-bond acceptors (Lipinski definition) is 5. The first-order valence-electron chi connectivity index (χ1n) is 9.12. The third-order valence-corrected chi connectivity index (χ3v) is 5.27. The number of quaternary nitrogens is 1. The van der Waals surface area contributed by atoms with Gasteiger partial charge in [-0.3, -0.25) is 9.59 Å². The highest BCUT2D eigenvalue weighted by Crippen LogP contribution is 2.31. The van der Waals surface area contributed by atoms with Crippen molar-refractivity contribution < 1.29 is 24.0 Å². The number of nitrogens with zero attached hydrogens (tertiary/aromatic N) is 2. The first-order chi connectivity index (χ1) is 13.0. The number of nitrogens with one attached hydrogen (secondary N) is 1. The summed E-state index contributed by atoms with van der Waals surface area (Å²) in [7, 11) is 0. The van der Waals surface area contributed by atoms with Crippen LogP contribution in [0.2, 0.25) is 0 Å². The fourth-order valence-corrected chi connectivity index (χ4v) is 3.65. The van der Waals surface area contributed by atoms with Crippen molar-refractivity contribution in [1.82, 2.24) is 4.90 Å². The molecule has 0 unspecified atom stereocenters. The molecule has 7 nitrogen and oxygen atoms in total. The molecule has 2 aliphatic rings. The van der Waals surface area contributed by atoms with Crippen LogP contribution in [0.5, 0.6) is 0 Å². The lowest BCUT2D eigenvalue weighted by molar-refractivity contribution is -0.902. The summed E-state index contributed by atoms with van der Waals surface area (Å²) in [6, 6.07) is 6.16. The molecule has 2 aliphatic heterocycles. The van der Waals surface area contributed by atoms with E-state index in [-0.39, 0.29) is 17.3 Å². The largest absolute Gasteiger partial charge is 0.462 e. The van der Waals surface area contributed by atoms with Gasteiger partial charge in [-0.2, -0.15) is 0 Å². The van der Waals surface area contributed by atoms with Crippen LogP contribution < -0.4 is 9.80 Å². The highest BCUT2D eigenvalue weighted by molar-refractivity contribution is 6.52. The smallest absolute Gasteiger partial charge is 0.338 e. The number of anilines is 1. The van der Waals surface area contributed by atoms with Crippen molar-refractivity contribution in [2.75, 3.05) is 44.2 Å². The van der Waals surface area contributed by atoms with Crippen LogP contribution in [0, 0.1) is 0 Å². The molecule has 144 valence electrons. The molecule has 0 aliphatic carbocycles. The number of carbonyl (C=O) groups is 3. The Balaban J connectivity index is 1.78. The lowest BCUT2D eigenvalue weighted by Gasteiger charge is -2.33. The summed E-state index contributed by atoms with van der Waals surface area (Å²) in [5.41, 5.74) is 1.01. The van der Waals surface area contributed by atoms with E-state index in [1.807, 2.05) is 4.90 Å². The molecular formula is C19H23ClN3O4+. The van der Waals surface area contributed by atoms with Crippen LogP contribution in [0.4, 0.5) is 5.69 Å². The van der Waals surface area contributed by atoms with Crippen LogP contribution >= 0.6 is 11.6 Å². The second-order valence-corrected chi connectivity index (χ2v) is 6.84. The Kier molecular flexibility index (Phi) is 5.82. The maximum Gasteiger partial charge on any atom is 0.338 e. The molecule has 0 bridgehead atoms. The van der Waals surface area contributed by atoms with Gasteiger partial charge in [-0.1, -0.05) is 11.6 Å². The van der Waals surface area contributed by atoms with E-state index in [4.69, 9.17) is 16.3 Å². The Morgan fingerprint density at radius 2 is 1.74 bits per heavy atom. The Labute approximate surface area is 163 Å². The highest BCUT2D eigenvalue weighted by atomic mass is 35.5. The number of ether oxygens (including phenoxy) is 1. The number of hydrogen-bond donors (Lipinski definition) is 1. The average molecular weight is 393 g/mol. The molecule has 1 aromatic rings. The first-order valence-corrected chi connectivity index (χ1v) is 9.50. The molecule has 1 saturated heterocycles. The highest BCUT2D eigenvalue weighted by Gasteiger charge is 2.42. The number of halogens is 1. The van der Waals surface area contributed by atoms with Crippen molar-refractivity contribution >= 4 is 35.1 Å². The number of rotatable bonds is 5. The maximum atomic E-state index is 12.9. The molecule has 1 fully saturated rings. The van der Waals surface area contributed by atoms with Gasteiger partial charge in [-0.05, 0) is 38.1 Å². The van der Waals surface area contributed by atoms with E-state index in [1.54, 1.807) is 19.1 Å². The van der Waals surface area contributed by atoms with Gasteiger partial charge in [0.05, 0.1) is 50.6 Å². The molecule has 0 spiro atoms. The predicted molar refractivity (Wildman–Crippen MR) is 101 cm³/mol. The van der Waals surface area contributed by atoms with E-state index in [2.05, 4.69) is 6.92 Å². The molecule has 0 aromatic heterocycles. The van der Waals surface area contributed by atoms with E-state index >= 15 is 0 Å². The fraction of sp³-hybridized carbons (Fsp3) is 0.421. The Morgan fingerprint density at radius 1 is 1.11 bits per heavy atom. The predicted octanol–water partition coefficient (Wildman–Crippen LogP) is 0.407. The molecule has 2 amide bonds. The second kappa shape index (κ2) is 8.10. The number of benzene rings is 1. The number of imide groups is 1. The van der Waals surface area contributed by atoms with Gasteiger partial charge >= 0.3 is 5.97 Å². The zero-order valence-corrected chi connectivity index (χ0v) is 16.2. The van der Waals surface area contributed by atoms with Crippen LogP contribution in [0.15, 0.2) is 35.0 Å². The first kappa shape index (κ1) is 19.4. The summed E-state index contributed by atoms with van der Waals surface area (Å²) in [6.07, 6.45) is 0. The van der Waals surface area contributed by atoms with Gasteiger partial charge in [-0.25, -0.2) is 9.69 Å². The number of likely N-dealkylation sites (N-methyl/N-ethyl adjacent to an activating group) is 1. The SMILES string of the molecule is CCOC(=O)c1ccc(N2C(=O)C(Cl)=C(N3CC[NH+](CC)CC3)C2=O)cc1. The van der Waals surface area contributed by atoms with Crippen LogP contribution in [0.3, 0.4) is 0 Å². The van der Waals surface area contributed by atoms with Gasteiger partial charge < -0.3 is 14.5 Å². The Morgan fingerprint density at radius 3 is 2.30 bits per heavy atom. The van der Waals surface area contributed by atoms with Crippen molar-refractivity contribution in [3.05, 3.63) is 40.6 Å². The Bertz CT molecular complexity index is 783. The molecule has 0 saturated carbocycles. The Hall–Kier alpha value is -2.38. The molecule has 0 atom stereocenters. The molecule has 2 heterocycles. The lowest BCUT2D eigenvalue weighted by atomic mass is 10.2. The molecule has 8 heteroatoms. The number of amides is 2. The van der Waals surface area contributed by atoms with Crippen molar-refractivity contribution in [1.29, 1.82) is 0 Å². The van der Waals surface area contributed by atoms with Crippen molar-refractivity contribution in [2.24, 2.45) is 0 Å². The van der Waals surface area contributed by atoms with Gasteiger partial charge in [0.15, 0.2) is 0 Å². The molecule has 1 aromatic carbocycles. The third kappa shape index (κ3) is 3.70. The topological polar surface area (TPSA) is 71.4 Å². The molecule has 27 heavy (non-hydrogen) atoms. The quantitative estimate of drug-likeness (QED) is 0.580. The summed E-state index contributed by atoms with van der Waals surface area (Å²) < 4.78 is 4.94. The second-order valence-electron chi connectivity index (χ2n) is 6.47. The van der Waals surface area contributed by atoms with E-state index in [1.165, 1.54) is 17.0 Å². The number of carbonyl (C=O) groups excluding carboxylic acids is 3. The average Bonchev–Trinajstić information content (AvgIpc) is 2.91. The van der Waals surface area contributed by atoms with Crippen molar-refractivity contribution in [3.8, 4) is 0 Å². The van der Waals surface area contributed by atoms with Gasteiger partial charge in [0.1, 0.15) is 10.7 Å². The lowest BCUT2D eigenvalue weighted by Crippen LogP contribution is -3.14. The van der Waals surface area contributed by atoms with E-state index in [9.17, 15) is 14.4 Å². The van der Waals surface area contributed by atoms with Gasteiger partial charge in [0.2, 0.25) is 0 Å². The third-order valence-electron chi connectivity index (χ3n) is 4.93. The van der Waals surface area contributed by atoms with Crippen LogP contribution in [-0.2, 0) is 14.3 Å². The van der Waals surface area contributed by atoms with Crippen LogP contribution in [-0.4, -0.2) is 62.0 Å². The normalized spacial score (nSPS) is 18.5. The van der Waals surface area contributed by atoms with Crippen molar-refractivity contribution in [3.63, 3.8) is 0 Å². The molecular weight excluding hydrogens is 370 g/mol. The summed E-state index contributed by atoms with van der Waals surface area (Å²) in [6.45, 7) is 8.34. The molecule has 0 radical (unpaired) electrons. The summed E-state index contributed by atoms with van der Waals surface area (Å²) >= 11 is 6.24. The number of piperazine rings is 1. The minimum atomic E-state index is -0.536. The summed E-state index contributed by atoms with van der Waals surface area (Å²) in [4.78, 5) is 41.7. The monoisotopic (exact) mass is 392 g/mol. The van der Waals surface area contributed by atoms with Gasteiger partial charge in [-0.15, -0.1) is 0 Å². The van der Waals surface area contributed by atoms with Crippen LogP contribution in [0.25, 0.3) is 0 Å². The zero-order chi connectivity index (χ0) is 19.6. The van der Waals surface area contributed by atoms with Crippen molar-refractivity contribution in [2.45, 2.75) is 13.8 Å². The number of esters is 1. The van der Waals surface area contributed by atoms with Crippen LogP contribution in [0.1, 0.15) is 24.2 Å². The van der Waals surface area contributed by atoms with Gasteiger partial charge in [0.25, 0.3) is 11.8 Å².